The minimum Gasteiger partial charge on any atom is -0.206 e. The smallest absolute Gasteiger partial charge is 0.151 e. The van der Waals surface area contributed by atoms with E-state index in [1.807, 2.05) is 0 Å². The van der Waals surface area contributed by atoms with Gasteiger partial charge >= 0.3 is 0 Å². The number of halogens is 2. The molecule has 6 heteroatoms. The summed E-state index contributed by atoms with van der Waals surface area (Å²) in [4.78, 5) is 0. The third-order valence-corrected chi connectivity index (χ3v) is 2.25. The Bertz CT molecular complexity index is 535. The SMILES string of the molecule is Cc1nnc(C)n1N=Cc1c(F)cccc1F. The molecule has 0 atom stereocenters. The molecule has 0 N–H and O–H groups in total. The summed E-state index contributed by atoms with van der Waals surface area (Å²) < 4.78 is 28.0. The van der Waals surface area contributed by atoms with Crippen LogP contribution in [0.15, 0.2) is 23.3 Å². The van der Waals surface area contributed by atoms with Crippen LogP contribution in [0, 0.1) is 25.5 Å². The van der Waals surface area contributed by atoms with Crippen LogP contribution in [-0.2, 0) is 0 Å². The van der Waals surface area contributed by atoms with Crippen molar-refractivity contribution in [2.75, 3.05) is 0 Å². The van der Waals surface area contributed by atoms with Gasteiger partial charge in [-0.05, 0) is 26.0 Å². The summed E-state index contributed by atoms with van der Waals surface area (Å²) in [5.41, 5.74) is -0.181. The van der Waals surface area contributed by atoms with Gasteiger partial charge in [0, 0.05) is 0 Å². The number of aromatic nitrogens is 3. The first-order valence-electron chi connectivity index (χ1n) is 4.96. The van der Waals surface area contributed by atoms with Gasteiger partial charge in [-0.25, -0.2) is 13.5 Å². The molecule has 1 aromatic carbocycles. The van der Waals surface area contributed by atoms with E-state index in [0.717, 1.165) is 6.21 Å². The molecule has 4 nitrogen and oxygen atoms in total. The van der Waals surface area contributed by atoms with Crippen LogP contribution in [0.5, 0.6) is 0 Å². The maximum Gasteiger partial charge on any atom is 0.151 e. The molecule has 0 aliphatic rings. The van der Waals surface area contributed by atoms with Crippen LogP contribution in [0.1, 0.15) is 17.2 Å². The Morgan fingerprint density at radius 2 is 1.65 bits per heavy atom. The Hall–Kier alpha value is -2.11. The predicted molar refractivity (Wildman–Crippen MR) is 58.8 cm³/mol. The van der Waals surface area contributed by atoms with E-state index in [2.05, 4.69) is 15.3 Å². The molecule has 0 saturated carbocycles. The lowest BCUT2D eigenvalue weighted by molar-refractivity contribution is 0.579. The standard InChI is InChI=1S/C11H10F2N4/c1-7-15-16-8(2)17(7)14-6-9-10(12)4-3-5-11(9)13/h3-6H,1-2H3. The van der Waals surface area contributed by atoms with Gasteiger partial charge in [0.25, 0.3) is 0 Å². The second kappa shape index (κ2) is 4.40. The van der Waals surface area contributed by atoms with E-state index in [-0.39, 0.29) is 5.56 Å². The molecule has 2 rings (SSSR count). The van der Waals surface area contributed by atoms with E-state index in [4.69, 9.17) is 0 Å². The van der Waals surface area contributed by atoms with Crippen molar-refractivity contribution in [2.24, 2.45) is 5.10 Å². The first-order chi connectivity index (χ1) is 8.09. The summed E-state index contributed by atoms with van der Waals surface area (Å²) in [6.45, 7) is 3.41. The number of aryl methyl sites for hydroxylation is 2. The highest BCUT2D eigenvalue weighted by molar-refractivity contribution is 5.80. The lowest BCUT2D eigenvalue weighted by Gasteiger charge is -1.99. The molecule has 0 amide bonds. The summed E-state index contributed by atoms with van der Waals surface area (Å²) in [6, 6.07) is 3.66. The Balaban J connectivity index is 2.39. The van der Waals surface area contributed by atoms with Gasteiger partial charge in [0.2, 0.25) is 0 Å². The zero-order valence-corrected chi connectivity index (χ0v) is 9.35. The molecule has 0 radical (unpaired) electrons. The average Bonchev–Trinajstić information content (AvgIpc) is 2.59. The molecule has 0 fully saturated rings. The number of benzene rings is 1. The van der Waals surface area contributed by atoms with Crippen LogP contribution in [-0.4, -0.2) is 21.1 Å². The highest BCUT2D eigenvalue weighted by Gasteiger charge is 2.06. The average molecular weight is 236 g/mol. The van der Waals surface area contributed by atoms with Crippen molar-refractivity contribution in [3.05, 3.63) is 47.0 Å². The second-order valence-corrected chi connectivity index (χ2v) is 3.49. The molecule has 0 spiro atoms. The highest BCUT2D eigenvalue weighted by atomic mass is 19.1. The van der Waals surface area contributed by atoms with Gasteiger partial charge < -0.3 is 0 Å². The Labute approximate surface area is 96.6 Å². The summed E-state index contributed by atoms with van der Waals surface area (Å²) >= 11 is 0. The molecule has 1 aromatic heterocycles. The number of rotatable bonds is 2. The van der Waals surface area contributed by atoms with E-state index in [0.29, 0.717) is 11.6 Å². The van der Waals surface area contributed by atoms with E-state index < -0.39 is 11.6 Å². The van der Waals surface area contributed by atoms with Crippen molar-refractivity contribution < 1.29 is 8.78 Å². The molecule has 17 heavy (non-hydrogen) atoms. The number of nitrogens with zero attached hydrogens (tertiary/aromatic N) is 4. The van der Waals surface area contributed by atoms with Gasteiger partial charge in [-0.1, -0.05) is 6.07 Å². The molecular formula is C11H10F2N4. The van der Waals surface area contributed by atoms with E-state index in [1.54, 1.807) is 13.8 Å². The van der Waals surface area contributed by atoms with Crippen molar-refractivity contribution in [1.29, 1.82) is 0 Å². The minimum atomic E-state index is -0.655. The molecule has 88 valence electrons. The molecule has 0 aliphatic heterocycles. The number of hydrogen-bond acceptors (Lipinski definition) is 3. The maximum atomic E-state index is 13.3. The van der Waals surface area contributed by atoms with Crippen molar-refractivity contribution in [3.63, 3.8) is 0 Å². The third-order valence-electron chi connectivity index (χ3n) is 2.25. The quantitative estimate of drug-likeness (QED) is 0.749. The van der Waals surface area contributed by atoms with Crippen molar-refractivity contribution in [1.82, 2.24) is 14.9 Å². The molecule has 2 aromatic rings. The molecule has 0 bridgehead atoms. The van der Waals surface area contributed by atoms with Crippen molar-refractivity contribution >= 4 is 6.21 Å². The van der Waals surface area contributed by atoms with Gasteiger partial charge in [-0.2, -0.15) is 5.10 Å². The number of hydrogen-bond donors (Lipinski definition) is 0. The summed E-state index contributed by atoms with van der Waals surface area (Å²) in [7, 11) is 0. The zero-order valence-electron chi connectivity index (χ0n) is 9.35. The molecule has 0 aliphatic carbocycles. The Kier molecular flexibility index (Phi) is 2.95. The van der Waals surface area contributed by atoms with Crippen molar-refractivity contribution in [2.45, 2.75) is 13.8 Å². The normalized spacial score (nSPS) is 11.3. The Morgan fingerprint density at radius 3 is 2.18 bits per heavy atom. The lowest BCUT2D eigenvalue weighted by Crippen LogP contribution is -1.99. The van der Waals surface area contributed by atoms with Crippen LogP contribution < -0.4 is 0 Å². The molecular weight excluding hydrogens is 226 g/mol. The molecule has 0 saturated heterocycles. The second-order valence-electron chi connectivity index (χ2n) is 3.49. The van der Waals surface area contributed by atoms with E-state index >= 15 is 0 Å². The van der Waals surface area contributed by atoms with Gasteiger partial charge in [0.05, 0.1) is 11.8 Å². The topological polar surface area (TPSA) is 43.1 Å². The van der Waals surface area contributed by atoms with Crippen LogP contribution in [0.25, 0.3) is 0 Å². The third kappa shape index (κ3) is 2.20. The van der Waals surface area contributed by atoms with Crippen LogP contribution in [0.3, 0.4) is 0 Å². The first-order valence-corrected chi connectivity index (χ1v) is 4.96. The fraction of sp³-hybridized carbons (Fsp3) is 0.182. The Morgan fingerprint density at radius 1 is 1.12 bits per heavy atom. The minimum absolute atomic E-state index is 0.181. The fourth-order valence-corrected chi connectivity index (χ4v) is 1.38. The van der Waals surface area contributed by atoms with Crippen molar-refractivity contribution in [3.8, 4) is 0 Å². The molecule has 0 unspecified atom stereocenters. The van der Waals surface area contributed by atoms with Gasteiger partial charge in [0.15, 0.2) is 11.6 Å². The predicted octanol–water partition coefficient (Wildman–Crippen LogP) is 2.06. The summed E-state index contributed by atoms with van der Waals surface area (Å²) in [6.07, 6.45) is 1.12. The van der Waals surface area contributed by atoms with Crippen LogP contribution >= 0.6 is 0 Å². The monoisotopic (exact) mass is 236 g/mol. The fourth-order valence-electron chi connectivity index (χ4n) is 1.38. The van der Waals surface area contributed by atoms with Crippen LogP contribution in [0.2, 0.25) is 0 Å². The van der Waals surface area contributed by atoms with Crippen LogP contribution in [0.4, 0.5) is 8.78 Å². The molecule has 1 heterocycles. The van der Waals surface area contributed by atoms with Gasteiger partial charge in [-0.15, -0.1) is 10.2 Å². The summed E-state index contributed by atoms with van der Waals surface area (Å²) in [5, 5.41) is 11.5. The van der Waals surface area contributed by atoms with Gasteiger partial charge in [0.1, 0.15) is 11.6 Å². The largest absolute Gasteiger partial charge is 0.206 e. The summed E-state index contributed by atoms with van der Waals surface area (Å²) in [5.74, 6) is -0.208. The van der Waals surface area contributed by atoms with Gasteiger partial charge in [-0.3, -0.25) is 0 Å². The first kappa shape index (κ1) is 11.4. The maximum absolute atomic E-state index is 13.3. The van der Waals surface area contributed by atoms with E-state index in [1.165, 1.54) is 22.9 Å². The highest BCUT2D eigenvalue weighted by Crippen LogP contribution is 2.09. The van der Waals surface area contributed by atoms with E-state index in [9.17, 15) is 8.78 Å². The lowest BCUT2D eigenvalue weighted by atomic mass is 10.2. The zero-order chi connectivity index (χ0) is 12.4.